The van der Waals surface area contributed by atoms with E-state index in [1.807, 2.05) is 12.1 Å². The van der Waals surface area contributed by atoms with Gasteiger partial charge >= 0.3 is 0 Å². The van der Waals surface area contributed by atoms with Crippen molar-refractivity contribution < 1.29 is 4.74 Å². The largest absolute Gasteiger partial charge is 0.453 e. The minimum absolute atomic E-state index is 0.837. The second-order valence-electron chi connectivity index (χ2n) is 18.4. The molecule has 0 saturated heterocycles. The van der Waals surface area contributed by atoms with E-state index in [0.29, 0.717) is 0 Å². The maximum atomic E-state index is 6.48. The highest BCUT2D eigenvalue weighted by Gasteiger charge is 2.46. The first-order valence-electron chi connectivity index (χ1n) is 24.4. The zero-order valence-corrected chi connectivity index (χ0v) is 41.0. The van der Waals surface area contributed by atoms with Gasteiger partial charge in [-0.05, 0) is 102 Å². The van der Waals surface area contributed by atoms with E-state index in [9.17, 15) is 0 Å². The van der Waals surface area contributed by atoms with E-state index in [4.69, 9.17) is 4.74 Å². The molecule has 0 spiro atoms. The lowest BCUT2D eigenvalue weighted by molar-refractivity contribution is 0.477. The van der Waals surface area contributed by atoms with Crippen molar-refractivity contribution >= 4 is 96.5 Å². The van der Waals surface area contributed by atoms with E-state index in [0.717, 1.165) is 45.3 Å². The first kappa shape index (κ1) is 42.4. The van der Waals surface area contributed by atoms with Gasteiger partial charge in [0.2, 0.25) is 0 Å². The zero-order valence-electron chi connectivity index (χ0n) is 39.0. The van der Waals surface area contributed by atoms with E-state index in [2.05, 4.69) is 289 Å². The maximum Gasteiger partial charge on any atom is 0.179 e. The highest BCUT2D eigenvalue weighted by molar-refractivity contribution is 7.22. The van der Waals surface area contributed by atoms with Gasteiger partial charge in [0.25, 0.3) is 0 Å². The summed E-state index contributed by atoms with van der Waals surface area (Å²) in [5.41, 5.74) is 6.54. The number of ether oxygens (including phenoxy) is 1. The number of rotatable bonds is 10. The molecule has 0 atom stereocenters. The summed E-state index contributed by atoms with van der Waals surface area (Å²) in [5, 5.41) is 13.1. The fourth-order valence-electron chi connectivity index (χ4n) is 11.7. The van der Waals surface area contributed by atoms with Gasteiger partial charge in [-0.2, -0.15) is 0 Å². The van der Waals surface area contributed by atoms with E-state index in [1.54, 1.807) is 0 Å². The topological polar surface area (TPSA) is 17.4 Å². The molecule has 11 aromatic carbocycles. The molecule has 0 aliphatic carbocycles. The third-order valence-electron chi connectivity index (χ3n) is 14.6. The van der Waals surface area contributed by atoms with Crippen LogP contribution in [0, 0.1) is 0 Å². The van der Waals surface area contributed by atoms with Crippen LogP contribution in [0.5, 0.6) is 11.5 Å². The summed E-state index contributed by atoms with van der Waals surface area (Å²) in [7, 11) is -6.20. The molecule has 1 aromatic heterocycles. The Morgan fingerprint density at radius 1 is 0.254 bits per heavy atom. The van der Waals surface area contributed by atoms with Crippen molar-refractivity contribution in [3.63, 3.8) is 0 Å². The molecule has 0 N–H and O–H groups in total. The molecule has 0 unspecified atom stereocenters. The molecule has 3 nitrogen and oxygen atoms in total. The van der Waals surface area contributed by atoms with Crippen LogP contribution in [-0.2, 0) is 0 Å². The second kappa shape index (κ2) is 17.6. The number of hydrogen-bond acceptors (Lipinski definition) is 2. The van der Waals surface area contributed by atoms with Gasteiger partial charge in [-0.1, -0.05) is 231 Å². The summed E-state index contributed by atoms with van der Waals surface area (Å²) >= 11 is 0. The minimum Gasteiger partial charge on any atom is -0.453 e. The van der Waals surface area contributed by atoms with Gasteiger partial charge in [0.05, 0.1) is 22.4 Å². The molecular formula is C66H48N2OSi2. The number of anilines is 3. The predicted octanol–water partition coefficient (Wildman–Crippen LogP) is 11.1. The molecule has 0 fully saturated rings. The number of aromatic nitrogens is 1. The number of fused-ring (bicyclic) bond motifs is 5. The van der Waals surface area contributed by atoms with Crippen LogP contribution in [0.25, 0.3) is 27.5 Å². The van der Waals surface area contributed by atoms with Gasteiger partial charge in [0.15, 0.2) is 27.6 Å². The molecule has 1 aliphatic rings. The fourth-order valence-corrected chi connectivity index (χ4v) is 21.4. The summed E-state index contributed by atoms with van der Waals surface area (Å²) in [5.74, 6) is 1.67. The Kier molecular flexibility index (Phi) is 10.5. The predicted molar refractivity (Wildman–Crippen MR) is 303 cm³/mol. The molecule has 13 rings (SSSR count). The maximum absolute atomic E-state index is 6.48. The van der Waals surface area contributed by atoms with Crippen LogP contribution >= 0.6 is 0 Å². The Labute approximate surface area is 416 Å². The highest BCUT2D eigenvalue weighted by atomic mass is 28.3. The normalized spacial score (nSPS) is 12.3. The smallest absolute Gasteiger partial charge is 0.179 e. The Morgan fingerprint density at radius 3 is 1.03 bits per heavy atom. The van der Waals surface area contributed by atoms with Crippen LogP contribution in [0.1, 0.15) is 0 Å². The van der Waals surface area contributed by atoms with Gasteiger partial charge in [-0.15, -0.1) is 0 Å². The van der Waals surface area contributed by atoms with Crippen LogP contribution in [0.2, 0.25) is 0 Å². The van der Waals surface area contributed by atoms with Gasteiger partial charge < -0.3 is 14.2 Å². The average Bonchev–Trinajstić information content (AvgIpc) is 3.78. The zero-order chi connectivity index (χ0) is 47.2. The Morgan fingerprint density at radius 2 is 0.606 bits per heavy atom. The van der Waals surface area contributed by atoms with Crippen LogP contribution in [0.4, 0.5) is 17.1 Å². The Bertz CT molecular complexity index is 3460. The van der Waals surface area contributed by atoms with Crippen LogP contribution in [0.15, 0.2) is 291 Å². The summed E-state index contributed by atoms with van der Waals surface area (Å²) in [4.78, 5) is 2.34. The van der Waals surface area contributed by atoms with Crippen molar-refractivity contribution in [1.29, 1.82) is 0 Å². The molecule has 5 heteroatoms. The number of benzene rings is 11. The van der Waals surface area contributed by atoms with Gasteiger partial charge in [-0.3, -0.25) is 0 Å². The minimum atomic E-state index is -3.10. The van der Waals surface area contributed by atoms with Crippen LogP contribution < -0.4 is 51.1 Å². The molecule has 1 aliphatic heterocycles. The second-order valence-corrected chi connectivity index (χ2v) is 26.0. The Hall–Kier alpha value is -8.75. The molecule has 2 heterocycles. The van der Waals surface area contributed by atoms with Crippen LogP contribution in [0.3, 0.4) is 0 Å². The lowest BCUT2D eigenvalue weighted by Crippen LogP contribution is -2.78. The molecule has 0 amide bonds. The van der Waals surface area contributed by atoms with Crippen LogP contribution in [-0.4, -0.2) is 20.7 Å². The van der Waals surface area contributed by atoms with Gasteiger partial charge in [0, 0.05) is 22.1 Å². The summed E-state index contributed by atoms with van der Waals surface area (Å²) in [6.07, 6.45) is 0. The average molecular weight is 941 g/mol. The Balaban J connectivity index is 1.17. The molecule has 12 aromatic rings. The first-order valence-corrected chi connectivity index (χ1v) is 28.4. The van der Waals surface area contributed by atoms with Crippen molar-refractivity contribution in [2.45, 2.75) is 0 Å². The van der Waals surface area contributed by atoms with Crippen molar-refractivity contribution in [2.75, 3.05) is 4.90 Å². The first-order chi connectivity index (χ1) is 35.2. The monoisotopic (exact) mass is 940 g/mol. The van der Waals surface area contributed by atoms with E-state index in [-0.39, 0.29) is 0 Å². The van der Waals surface area contributed by atoms with Crippen molar-refractivity contribution in [1.82, 2.24) is 4.57 Å². The highest BCUT2D eigenvalue weighted by Crippen LogP contribution is 2.51. The van der Waals surface area contributed by atoms with Gasteiger partial charge in [-0.25, -0.2) is 0 Å². The van der Waals surface area contributed by atoms with Crippen molar-refractivity contribution in [2.24, 2.45) is 0 Å². The number of hydrogen-bond donors (Lipinski definition) is 0. The molecular weight excluding hydrogens is 893 g/mol. The van der Waals surface area contributed by atoms with Crippen molar-refractivity contribution in [3.05, 3.63) is 291 Å². The lowest BCUT2D eigenvalue weighted by atomic mass is 10.1. The molecule has 71 heavy (non-hydrogen) atoms. The van der Waals surface area contributed by atoms with Gasteiger partial charge in [0.1, 0.15) is 0 Å². The fraction of sp³-hybridized carbons (Fsp3) is 0. The van der Waals surface area contributed by atoms with E-state index in [1.165, 1.54) is 52.3 Å². The molecule has 336 valence electrons. The van der Waals surface area contributed by atoms with E-state index < -0.39 is 16.1 Å². The summed E-state index contributed by atoms with van der Waals surface area (Å²) in [6, 6.07) is 108. The van der Waals surface area contributed by atoms with Crippen molar-refractivity contribution in [3.8, 4) is 17.2 Å². The number of para-hydroxylation sites is 5. The molecule has 0 bridgehead atoms. The SMILES string of the molecule is c1ccc([Si](c2ccccc2)(c2ccccc2)c2cc(-n3c4ccccc4c4cc(N5c6ccccc6Oc6ccccc65)ccc43)cc([Si](c3ccccc3)(c3ccccc3)c3ccccc3)c2)cc1. The van der Waals surface area contributed by atoms with E-state index >= 15 is 0 Å². The molecule has 0 radical (unpaired) electrons. The standard InChI is InChI=1S/C66H48N2OSi2/c1-7-25-51(26-8-1)70(52-27-9-2-10-28-52,53-29-11-3-12-30-53)57-45-50(46-58(48-57)71(54-31-13-4-14-32-54,55-33-15-5-16-34-55)56-35-17-6-18-36-56)68-61-38-20-19-37-59(61)60-47-49(43-44-62(60)68)67-63-39-21-23-41-65(63)69-66-42-24-22-40-64(66)67/h1-48H. The lowest BCUT2D eigenvalue weighted by Gasteiger charge is -2.38. The molecule has 0 saturated carbocycles. The third-order valence-corrected chi connectivity index (χ3v) is 24.1. The summed E-state index contributed by atoms with van der Waals surface area (Å²) < 4.78 is 9.02. The summed E-state index contributed by atoms with van der Waals surface area (Å²) in [6.45, 7) is 0. The third kappa shape index (κ3) is 6.85. The number of nitrogens with zero attached hydrogens (tertiary/aromatic N) is 2. The quantitative estimate of drug-likeness (QED) is 0.100.